The van der Waals surface area contributed by atoms with Gasteiger partial charge in [-0.2, -0.15) is 0 Å². The van der Waals surface area contributed by atoms with Gasteiger partial charge in [-0.1, -0.05) is 23.7 Å². The number of halogens is 1. The van der Waals surface area contributed by atoms with E-state index in [9.17, 15) is 43.2 Å². The average molecular weight is 1700 g/mol. The van der Waals surface area contributed by atoms with Crippen LogP contribution in [0.1, 0.15) is 107 Å². The van der Waals surface area contributed by atoms with Crippen molar-refractivity contribution in [2.45, 2.75) is 38.6 Å². The van der Waals surface area contributed by atoms with Crippen molar-refractivity contribution in [2.75, 3.05) is 172 Å². The molecular formula is C80H100ClN21O19. The summed E-state index contributed by atoms with van der Waals surface area (Å²) in [5.41, 5.74) is 4.77. The summed E-state index contributed by atoms with van der Waals surface area (Å²) in [6.45, 7) is 8.42. The van der Waals surface area contributed by atoms with Gasteiger partial charge in [-0.05, 0) is 73.7 Å². The van der Waals surface area contributed by atoms with Crippen LogP contribution in [0.3, 0.4) is 0 Å². The lowest BCUT2D eigenvalue weighted by Crippen LogP contribution is -2.33. The zero-order valence-electron chi connectivity index (χ0n) is 68.2. The number of aromatic nitrogens is 11. The van der Waals surface area contributed by atoms with E-state index in [0.717, 1.165) is 16.8 Å². The second-order valence-electron chi connectivity index (χ2n) is 27.2. The van der Waals surface area contributed by atoms with E-state index < -0.39 is 47.4 Å². The first-order valence-electron chi connectivity index (χ1n) is 38.9. The zero-order valence-corrected chi connectivity index (χ0v) is 69.0. The predicted molar refractivity (Wildman–Crippen MR) is 442 cm³/mol. The Hall–Kier alpha value is -12.5. The molecule has 0 unspecified atom stereocenters. The molecule has 1 aliphatic rings. The van der Waals surface area contributed by atoms with Crippen molar-refractivity contribution in [3.63, 3.8) is 0 Å². The number of benzene rings is 3. The van der Waals surface area contributed by atoms with Crippen LogP contribution in [0.25, 0.3) is 5.69 Å². The maximum atomic E-state index is 13.6. The second-order valence-corrected chi connectivity index (χ2v) is 27.6. The van der Waals surface area contributed by atoms with Crippen LogP contribution >= 0.6 is 11.6 Å². The molecule has 0 radical (unpaired) electrons. The molecule has 40 nitrogen and oxygen atoms in total. The van der Waals surface area contributed by atoms with Crippen molar-refractivity contribution in [3.05, 3.63) is 173 Å². The number of nitrogens with zero attached hydrogens (tertiary/aromatic N) is 12. The van der Waals surface area contributed by atoms with Gasteiger partial charge in [0.15, 0.2) is 23.3 Å². The van der Waals surface area contributed by atoms with Crippen molar-refractivity contribution >= 4 is 99.2 Å². The Morgan fingerprint density at radius 1 is 0.430 bits per heavy atom. The molecule has 121 heavy (non-hydrogen) atoms. The van der Waals surface area contributed by atoms with Crippen LogP contribution in [0.4, 0.5) is 28.7 Å². The average Bonchev–Trinajstić information content (AvgIpc) is 1.64. The van der Waals surface area contributed by atoms with E-state index in [1.54, 1.807) is 95.7 Å². The molecule has 1 atom stereocenters. The highest BCUT2D eigenvalue weighted by Gasteiger charge is 2.31. The molecule has 0 fully saturated rings. The standard InChI is InChI=1S/C80H100ClN21O19/c1-52-95-96-72-61(90-71(53-8-10-54(81)11-9-53)60-46-59(112-7)16-17-62(60)102(52)72)47-70(106)87-55-12-14-58(15-13-55)121-43-42-120-41-40-119-39-38-118-37-36-117-35-34-116-33-32-115-31-30-114-29-28-113-27-25-82-67(103)18-21-86-78(109)74-93-65(50-100(74)5)91-68(104)19-22-85-77(108)64-45-57(49-99(64)4)89-80(111)75-94-66(51-101(75)6)92-69(105)20-23-84-76(107)63-44-56(48-98(63)3)88-79(110)73-83-24-26-97(73)2/h8-17,24,26,44-46,48-51,61H,18-23,25,27-43,47H2,1-7H3,(H,82,103)(H,84,107)(H,85,108)(H,86,109)(H,87,106)(H,88,110)(H,89,111)(H,91,104)(H,92,105)/t61-/m1/s1. The number of hydrogen-bond acceptors (Lipinski definition) is 25. The Bertz CT molecular complexity index is 5010. The minimum Gasteiger partial charge on any atom is -0.497 e. The van der Waals surface area contributed by atoms with Crippen LogP contribution in [-0.4, -0.2) is 257 Å². The number of carbonyl (C=O) groups excluding carboxylic acids is 9. The van der Waals surface area contributed by atoms with Crippen LogP contribution in [0.5, 0.6) is 11.5 Å². The molecule has 0 spiro atoms. The van der Waals surface area contributed by atoms with E-state index in [1.165, 1.54) is 55.2 Å². The van der Waals surface area contributed by atoms with Crippen molar-refractivity contribution in [1.29, 1.82) is 0 Å². The van der Waals surface area contributed by atoms with E-state index in [2.05, 4.69) is 73.0 Å². The molecule has 646 valence electrons. The number of aryl methyl sites for hydroxylation is 6. The van der Waals surface area contributed by atoms with Gasteiger partial charge in [0.1, 0.15) is 41.4 Å². The molecule has 9 N–H and O–H groups in total. The summed E-state index contributed by atoms with van der Waals surface area (Å²) in [7, 11) is 9.65. The fraction of sp³-hybridized carbons (Fsp3) is 0.412. The maximum absolute atomic E-state index is 13.6. The molecule has 6 aromatic heterocycles. The molecule has 10 rings (SSSR count). The fourth-order valence-electron chi connectivity index (χ4n) is 12.1. The lowest BCUT2D eigenvalue weighted by molar-refractivity contribution is -0.121. The highest BCUT2D eigenvalue weighted by Crippen LogP contribution is 2.35. The Labute approximate surface area is 701 Å². The molecule has 7 heterocycles. The molecule has 0 bridgehead atoms. The lowest BCUT2D eigenvalue weighted by atomic mass is 10.00. The minimum absolute atomic E-state index is 0.00507. The van der Waals surface area contributed by atoms with Crippen molar-refractivity contribution in [3.8, 4) is 17.2 Å². The monoisotopic (exact) mass is 1690 g/mol. The van der Waals surface area contributed by atoms with Crippen molar-refractivity contribution in [2.24, 2.45) is 40.2 Å². The number of carbonyl (C=O) groups is 9. The summed E-state index contributed by atoms with van der Waals surface area (Å²) in [6.07, 6.45) is 8.81. The topological polar surface area (TPSA) is 461 Å². The van der Waals surface area contributed by atoms with E-state index in [-0.39, 0.29) is 116 Å². The molecule has 3 aromatic carbocycles. The third kappa shape index (κ3) is 28.0. The number of rotatable bonds is 51. The smallest absolute Gasteiger partial charge is 0.291 e. The first-order valence-corrected chi connectivity index (χ1v) is 39.2. The molecule has 9 aromatic rings. The second kappa shape index (κ2) is 46.7. The van der Waals surface area contributed by atoms with Gasteiger partial charge >= 0.3 is 0 Å². The van der Waals surface area contributed by atoms with Crippen LogP contribution < -0.4 is 57.3 Å². The van der Waals surface area contributed by atoms with Gasteiger partial charge in [-0.15, -0.1) is 10.2 Å². The Morgan fingerprint density at radius 2 is 0.901 bits per heavy atom. The Balaban J connectivity index is 0.467. The van der Waals surface area contributed by atoms with Crippen LogP contribution in [0.2, 0.25) is 5.02 Å². The predicted octanol–water partition coefficient (Wildman–Crippen LogP) is 4.51. The lowest BCUT2D eigenvalue weighted by Gasteiger charge is -2.14. The van der Waals surface area contributed by atoms with E-state index in [4.69, 9.17) is 64.0 Å². The molecule has 9 amide bonds. The van der Waals surface area contributed by atoms with Gasteiger partial charge in [0.05, 0.1) is 142 Å². The van der Waals surface area contributed by atoms with Crippen molar-refractivity contribution in [1.82, 2.24) is 73.8 Å². The number of ether oxygens (including phenoxy) is 10. The van der Waals surface area contributed by atoms with Gasteiger partial charge in [0.2, 0.25) is 35.3 Å². The number of anilines is 5. The van der Waals surface area contributed by atoms with Crippen LogP contribution in [0, 0.1) is 6.92 Å². The molecule has 41 heteroatoms. The number of amides is 9. The highest BCUT2D eigenvalue weighted by molar-refractivity contribution is 6.30. The molecule has 0 aliphatic carbocycles. The summed E-state index contributed by atoms with van der Waals surface area (Å²) in [6, 6.07) is 22.5. The SMILES string of the molecule is COc1ccc2c(c1)C(c1ccc(Cl)cc1)=N[C@H](CC(=O)Nc1ccc(OCCOCCOCCOCCOCCOCCOCCOCCOCCNC(=O)CCNC(=O)c3nc(NC(=O)CCNC(=O)c4cc(NC(=O)c5nc(NC(=O)CCNC(=O)c6cc(NC(=O)c7nccn7C)cn6C)cn5C)cn4C)cn3C)cc1)c1nnc(C)n1-2. The molecule has 0 saturated heterocycles. The van der Waals surface area contributed by atoms with Crippen LogP contribution in [0.15, 0.2) is 121 Å². The zero-order chi connectivity index (χ0) is 86.0. The summed E-state index contributed by atoms with van der Waals surface area (Å²) < 4.78 is 65.3. The summed E-state index contributed by atoms with van der Waals surface area (Å²) >= 11 is 6.25. The molecule has 1 aliphatic heterocycles. The summed E-state index contributed by atoms with van der Waals surface area (Å²) in [5, 5.41) is 33.7. The number of methoxy groups -OCH3 is 1. The Kier molecular flexibility index (Phi) is 35.0. The normalized spacial score (nSPS) is 12.2. The first-order chi connectivity index (χ1) is 58.6. The first kappa shape index (κ1) is 90.8. The quantitative estimate of drug-likeness (QED) is 0.0237. The van der Waals surface area contributed by atoms with E-state index >= 15 is 0 Å². The number of nitrogens with one attached hydrogen (secondary N) is 9. The molecular weight excluding hydrogens is 1590 g/mol. The number of hydrogen-bond donors (Lipinski definition) is 9. The van der Waals surface area contributed by atoms with E-state index in [1.807, 2.05) is 41.8 Å². The van der Waals surface area contributed by atoms with Gasteiger partial charge < -0.3 is 118 Å². The van der Waals surface area contributed by atoms with Gasteiger partial charge in [0, 0.05) is 140 Å². The maximum Gasteiger partial charge on any atom is 0.291 e. The third-order valence-corrected chi connectivity index (χ3v) is 18.3. The van der Waals surface area contributed by atoms with Crippen molar-refractivity contribution < 1.29 is 90.5 Å². The minimum atomic E-state index is -0.655. The summed E-state index contributed by atoms with van der Waals surface area (Å²) in [4.78, 5) is 134. The largest absolute Gasteiger partial charge is 0.497 e. The highest BCUT2D eigenvalue weighted by atomic mass is 35.5. The van der Waals surface area contributed by atoms with Gasteiger partial charge in [-0.25, -0.2) is 15.0 Å². The fourth-order valence-corrected chi connectivity index (χ4v) is 12.2. The number of fused-ring (bicyclic) bond motifs is 3. The van der Waals surface area contributed by atoms with Crippen LogP contribution in [-0.2, 0) is 92.3 Å². The third-order valence-electron chi connectivity index (χ3n) is 18.1. The molecule has 0 saturated carbocycles. The number of aliphatic imine (C=N–C) groups is 1. The van der Waals surface area contributed by atoms with Gasteiger partial charge in [-0.3, -0.25) is 52.7 Å². The number of imidazole rings is 3. The summed E-state index contributed by atoms with van der Waals surface area (Å²) in [5.74, 6) is -1.43. The Morgan fingerprint density at radius 3 is 1.40 bits per heavy atom. The van der Waals surface area contributed by atoms with Gasteiger partial charge in [0.25, 0.3) is 29.5 Å². The van der Waals surface area contributed by atoms with E-state index in [0.29, 0.717) is 151 Å².